The molecule has 1 aromatic carbocycles. The van der Waals surface area contributed by atoms with Gasteiger partial charge in [-0.25, -0.2) is 18.4 Å². The van der Waals surface area contributed by atoms with Crippen LogP contribution in [0.15, 0.2) is 52.9 Å². The lowest BCUT2D eigenvalue weighted by atomic mass is 10.0. The number of nitrogens with one attached hydrogen (secondary N) is 1. The van der Waals surface area contributed by atoms with Crippen molar-refractivity contribution in [3.05, 3.63) is 58.7 Å². The number of anilines is 1. The quantitative estimate of drug-likeness (QED) is 0.583. The van der Waals surface area contributed by atoms with Crippen molar-refractivity contribution in [2.75, 3.05) is 5.32 Å². The standard InChI is InChI=1S/C23H26N4O3S2/c1-15-6-4-7-16(2)27(15)32(29,30)21-11-13-31-22(21)23(28)26-19-9-5-8-18(14-19)20-10-12-24-17(3)25-20/h5,8-16H,4,6-7H2,1-3H3,(H,26,28)/t15-,16-/m1/s1. The highest BCUT2D eigenvalue weighted by molar-refractivity contribution is 7.89. The summed E-state index contributed by atoms with van der Waals surface area (Å²) in [4.78, 5) is 21.9. The highest BCUT2D eigenvalue weighted by Gasteiger charge is 2.38. The van der Waals surface area contributed by atoms with Crippen LogP contribution in [-0.4, -0.2) is 40.7 Å². The molecule has 0 radical (unpaired) electrons. The number of piperidine rings is 1. The van der Waals surface area contributed by atoms with Gasteiger partial charge >= 0.3 is 0 Å². The summed E-state index contributed by atoms with van der Waals surface area (Å²) in [5.74, 6) is 0.221. The zero-order valence-electron chi connectivity index (χ0n) is 18.3. The molecule has 1 N–H and O–H groups in total. The number of carbonyl (C=O) groups is 1. The third kappa shape index (κ3) is 4.46. The van der Waals surface area contributed by atoms with Gasteiger partial charge in [0, 0.05) is 29.5 Å². The molecule has 1 aliphatic heterocycles. The number of benzene rings is 1. The first-order valence-corrected chi connectivity index (χ1v) is 12.9. The van der Waals surface area contributed by atoms with E-state index in [1.807, 2.05) is 39.0 Å². The molecular formula is C23H26N4O3S2. The van der Waals surface area contributed by atoms with Gasteiger partial charge in [-0.1, -0.05) is 18.6 Å². The van der Waals surface area contributed by atoms with E-state index in [1.54, 1.807) is 28.0 Å². The molecule has 168 valence electrons. The third-order valence-electron chi connectivity index (χ3n) is 5.70. The Hall–Kier alpha value is -2.62. The van der Waals surface area contributed by atoms with E-state index in [1.165, 1.54) is 6.07 Å². The number of sulfonamides is 1. The summed E-state index contributed by atoms with van der Waals surface area (Å²) in [5.41, 5.74) is 2.16. The molecule has 2 atom stereocenters. The number of aromatic nitrogens is 2. The molecule has 0 saturated carbocycles. The van der Waals surface area contributed by atoms with Crippen LogP contribution in [0.3, 0.4) is 0 Å². The fraction of sp³-hybridized carbons (Fsp3) is 0.348. The molecule has 9 heteroatoms. The summed E-state index contributed by atoms with van der Waals surface area (Å²) < 4.78 is 28.5. The van der Waals surface area contributed by atoms with E-state index in [0.717, 1.165) is 41.9 Å². The molecule has 1 fully saturated rings. The van der Waals surface area contributed by atoms with E-state index < -0.39 is 15.9 Å². The van der Waals surface area contributed by atoms with Gasteiger partial charge in [-0.2, -0.15) is 4.31 Å². The minimum atomic E-state index is -3.77. The summed E-state index contributed by atoms with van der Waals surface area (Å²) in [6, 6.07) is 10.5. The number of amides is 1. The molecule has 1 amide bonds. The van der Waals surface area contributed by atoms with E-state index in [4.69, 9.17) is 0 Å². The number of hydrogen-bond acceptors (Lipinski definition) is 6. The molecule has 3 aromatic rings. The fourth-order valence-corrected chi connectivity index (χ4v) is 7.39. The van der Waals surface area contributed by atoms with Crippen LogP contribution >= 0.6 is 11.3 Å². The number of carbonyl (C=O) groups excluding carboxylic acids is 1. The monoisotopic (exact) mass is 470 g/mol. The molecule has 1 saturated heterocycles. The second-order valence-corrected chi connectivity index (χ2v) is 10.8. The molecule has 2 aromatic heterocycles. The van der Waals surface area contributed by atoms with Crippen LogP contribution < -0.4 is 5.32 Å². The van der Waals surface area contributed by atoms with E-state index in [9.17, 15) is 13.2 Å². The highest BCUT2D eigenvalue weighted by atomic mass is 32.2. The second kappa shape index (κ2) is 9.09. The van der Waals surface area contributed by atoms with Crippen LogP contribution in [0.4, 0.5) is 5.69 Å². The lowest BCUT2D eigenvalue weighted by Gasteiger charge is -2.37. The SMILES string of the molecule is Cc1nccc(-c2cccc(NC(=O)c3sccc3S(=O)(=O)N3[C@H](C)CCC[C@H]3C)c2)n1. The van der Waals surface area contributed by atoms with E-state index in [2.05, 4.69) is 15.3 Å². The Morgan fingerprint density at radius 2 is 1.91 bits per heavy atom. The minimum absolute atomic E-state index is 0.0724. The summed E-state index contributed by atoms with van der Waals surface area (Å²) >= 11 is 1.13. The smallest absolute Gasteiger partial charge is 0.267 e. The topological polar surface area (TPSA) is 92.3 Å². The van der Waals surface area contributed by atoms with Gasteiger partial charge in [0.25, 0.3) is 5.91 Å². The molecule has 32 heavy (non-hydrogen) atoms. The van der Waals surface area contributed by atoms with Gasteiger partial charge in [0.05, 0.1) is 5.69 Å². The second-order valence-electron chi connectivity index (χ2n) is 8.10. The largest absolute Gasteiger partial charge is 0.321 e. The predicted octanol–water partition coefficient (Wildman–Crippen LogP) is 4.72. The number of aryl methyl sites for hydroxylation is 1. The van der Waals surface area contributed by atoms with E-state index in [0.29, 0.717) is 11.5 Å². The van der Waals surface area contributed by atoms with Gasteiger partial charge in [-0.3, -0.25) is 4.79 Å². The Kier molecular flexibility index (Phi) is 6.41. The van der Waals surface area contributed by atoms with Gasteiger partial charge in [0.1, 0.15) is 15.6 Å². The molecule has 3 heterocycles. The zero-order valence-corrected chi connectivity index (χ0v) is 19.9. The van der Waals surface area contributed by atoms with Crippen LogP contribution in [0.5, 0.6) is 0 Å². The first-order chi connectivity index (χ1) is 15.3. The van der Waals surface area contributed by atoms with Crippen molar-refractivity contribution >= 4 is 33.0 Å². The van der Waals surface area contributed by atoms with Gasteiger partial charge in [-0.05, 0) is 63.3 Å². The normalized spacial score (nSPS) is 19.6. The number of hydrogen-bond donors (Lipinski definition) is 1. The van der Waals surface area contributed by atoms with Crippen molar-refractivity contribution in [1.29, 1.82) is 0 Å². The van der Waals surface area contributed by atoms with Crippen LogP contribution in [0.1, 0.15) is 48.6 Å². The summed E-state index contributed by atoms with van der Waals surface area (Å²) in [6.45, 7) is 5.68. The molecular weight excluding hydrogens is 444 g/mol. The Morgan fingerprint density at radius 3 is 2.62 bits per heavy atom. The molecule has 1 aliphatic rings. The fourth-order valence-electron chi connectivity index (χ4n) is 4.21. The Balaban J connectivity index is 1.60. The lowest BCUT2D eigenvalue weighted by molar-refractivity contribution is 0.102. The molecule has 0 spiro atoms. The van der Waals surface area contributed by atoms with Crippen LogP contribution in [0.25, 0.3) is 11.3 Å². The zero-order chi connectivity index (χ0) is 22.9. The van der Waals surface area contributed by atoms with Crippen LogP contribution in [0, 0.1) is 6.92 Å². The number of rotatable bonds is 5. The summed E-state index contributed by atoms with van der Waals surface area (Å²) in [7, 11) is -3.77. The van der Waals surface area contributed by atoms with Gasteiger partial charge < -0.3 is 5.32 Å². The van der Waals surface area contributed by atoms with Crippen molar-refractivity contribution in [1.82, 2.24) is 14.3 Å². The Bertz CT molecular complexity index is 1230. The first-order valence-electron chi connectivity index (χ1n) is 10.6. The number of thiophene rings is 1. The van der Waals surface area contributed by atoms with Crippen LogP contribution in [-0.2, 0) is 10.0 Å². The minimum Gasteiger partial charge on any atom is -0.321 e. The van der Waals surface area contributed by atoms with Crippen molar-refractivity contribution in [2.24, 2.45) is 0 Å². The lowest BCUT2D eigenvalue weighted by Crippen LogP contribution is -2.47. The maximum absolute atomic E-state index is 13.5. The van der Waals surface area contributed by atoms with Gasteiger partial charge in [0.2, 0.25) is 10.0 Å². The van der Waals surface area contributed by atoms with Gasteiger partial charge in [-0.15, -0.1) is 11.3 Å². The predicted molar refractivity (Wildman–Crippen MR) is 126 cm³/mol. The molecule has 7 nitrogen and oxygen atoms in total. The average Bonchev–Trinajstić information content (AvgIpc) is 3.25. The van der Waals surface area contributed by atoms with Crippen molar-refractivity contribution in [3.8, 4) is 11.3 Å². The molecule has 4 rings (SSSR count). The van der Waals surface area contributed by atoms with Gasteiger partial charge in [0.15, 0.2) is 0 Å². The van der Waals surface area contributed by atoms with E-state index >= 15 is 0 Å². The van der Waals surface area contributed by atoms with Crippen molar-refractivity contribution in [3.63, 3.8) is 0 Å². The van der Waals surface area contributed by atoms with E-state index in [-0.39, 0.29) is 21.9 Å². The highest BCUT2D eigenvalue weighted by Crippen LogP contribution is 2.33. The summed E-state index contributed by atoms with van der Waals surface area (Å²) in [5, 5.41) is 4.51. The maximum atomic E-state index is 13.5. The summed E-state index contributed by atoms with van der Waals surface area (Å²) in [6.07, 6.45) is 4.34. The van der Waals surface area contributed by atoms with Crippen molar-refractivity contribution < 1.29 is 13.2 Å². The maximum Gasteiger partial charge on any atom is 0.267 e. The molecule has 0 unspecified atom stereocenters. The molecule has 0 bridgehead atoms. The third-order valence-corrected chi connectivity index (χ3v) is 8.91. The van der Waals surface area contributed by atoms with Crippen LogP contribution in [0.2, 0.25) is 0 Å². The Labute approximate surface area is 192 Å². The number of nitrogens with zero attached hydrogens (tertiary/aromatic N) is 3. The Morgan fingerprint density at radius 1 is 1.16 bits per heavy atom. The first kappa shape index (κ1) is 22.6. The van der Waals surface area contributed by atoms with Crippen molar-refractivity contribution in [2.45, 2.75) is 57.0 Å². The average molecular weight is 471 g/mol. The molecule has 0 aliphatic carbocycles.